The van der Waals surface area contributed by atoms with Gasteiger partial charge >= 0.3 is 0 Å². The van der Waals surface area contributed by atoms with Crippen LogP contribution in [0.15, 0.2) is 24.3 Å². The average molecular weight is 297 g/mol. The van der Waals surface area contributed by atoms with Crippen molar-refractivity contribution in [3.63, 3.8) is 0 Å². The molecule has 0 aliphatic heterocycles. The standard InChI is InChI=1S/C16H25ClN2O/c1-13(12-19(2)9-10-20)18-16(7-8-16)11-14-3-5-15(17)6-4-14/h3-6,13,18,20H,7-12H2,1-2H3. The number of hydrogen-bond acceptors (Lipinski definition) is 3. The van der Waals surface area contributed by atoms with Crippen molar-refractivity contribution in [2.24, 2.45) is 0 Å². The molecular weight excluding hydrogens is 272 g/mol. The Kier molecular flexibility index (Phi) is 5.44. The first-order valence-electron chi connectivity index (χ1n) is 7.34. The van der Waals surface area contributed by atoms with E-state index in [1.165, 1.54) is 18.4 Å². The van der Waals surface area contributed by atoms with Crippen molar-refractivity contribution in [1.82, 2.24) is 10.2 Å². The number of hydrogen-bond donors (Lipinski definition) is 2. The van der Waals surface area contributed by atoms with Crippen LogP contribution in [0.1, 0.15) is 25.3 Å². The molecule has 1 atom stereocenters. The van der Waals surface area contributed by atoms with Gasteiger partial charge in [0, 0.05) is 29.7 Å². The topological polar surface area (TPSA) is 35.5 Å². The third-order valence-electron chi connectivity index (χ3n) is 3.93. The van der Waals surface area contributed by atoms with Crippen LogP contribution in [0.2, 0.25) is 5.02 Å². The molecule has 112 valence electrons. The minimum absolute atomic E-state index is 0.221. The summed E-state index contributed by atoms with van der Waals surface area (Å²) in [6, 6.07) is 8.59. The van der Waals surface area contributed by atoms with E-state index in [4.69, 9.17) is 16.7 Å². The minimum Gasteiger partial charge on any atom is -0.395 e. The van der Waals surface area contributed by atoms with E-state index >= 15 is 0 Å². The van der Waals surface area contributed by atoms with Crippen LogP contribution < -0.4 is 5.32 Å². The molecule has 1 saturated carbocycles. The molecule has 0 heterocycles. The lowest BCUT2D eigenvalue weighted by atomic mass is 10.0. The Balaban J connectivity index is 1.83. The second kappa shape index (κ2) is 6.90. The molecule has 1 fully saturated rings. The summed E-state index contributed by atoms with van der Waals surface area (Å²) in [6.07, 6.45) is 3.55. The predicted octanol–water partition coefficient (Wildman–Crippen LogP) is 2.32. The van der Waals surface area contributed by atoms with Crippen LogP contribution in [0, 0.1) is 0 Å². The van der Waals surface area contributed by atoms with E-state index in [2.05, 4.69) is 29.3 Å². The fraction of sp³-hybridized carbons (Fsp3) is 0.625. The van der Waals surface area contributed by atoms with Crippen LogP contribution >= 0.6 is 11.6 Å². The number of aliphatic hydroxyl groups excluding tert-OH is 1. The maximum atomic E-state index is 8.94. The van der Waals surface area contributed by atoms with Gasteiger partial charge in [-0.1, -0.05) is 23.7 Å². The summed E-state index contributed by atoms with van der Waals surface area (Å²) < 4.78 is 0. The summed E-state index contributed by atoms with van der Waals surface area (Å²) >= 11 is 5.93. The molecule has 2 N–H and O–H groups in total. The van der Waals surface area contributed by atoms with Gasteiger partial charge in [0.05, 0.1) is 6.61 Å². The van der Waals surface area contributed by atoms with Crippen LogP contribution in [-0.2, 0) is 6.42 Å². The summed E-state index contributed by atoms with van der Waals surface area (Å²) in [6.45, 7) is 4.13. The van der Waals surface area contributed by atoms with Crippen LogP contribution in [0.5, 0.6) is 0 Å². The third kappa shape index (κ3) is 4.74. The van der Waals surface area contributed by atoms with E-state index < -0.39 is 0 Å². The van der Waals surface area contributed by atoms with Crippen LogP contribution in [-0.4, -0.2) is 48.3 Å². The lowest BCUT2D eigenvalue weighted by Crippen LogP contribution is -2.45. The quantitative estimate of drug-likeness (QED) is 0.773. The number of likely N-dealkylation sites (N-methyl/N-ethyl adjacent to an activating group) is 1. The fourth-order valence-corrected chi connectivity index (χ4v) is 2.94. The summed E-state index contributed by atoms with van der Waals surface area (Å²) in [7, 11) is 2.05. The van der Waals surface area contributed by atoms with Gasteiger partial charge < -0.3 is 15.3 Å². The molecule has 1 aliphatic rings. The second-order valence-electron chi connectivity index (χ2n) is 6.11. The highest BCUT2D eigenvalue weighted by Gasteiger charge is 2.43. The van der Waals surface area contributed by atoms with Gasteiger partial charge in [-0.05, 0) is 50.9 Å². The van der Waals surface area contributed by atoms with Gasteiger partial charge in [0.2, 0.25) is 0 Å². The van der Waals surface area contributed by atoms with Gasteiger partial charge in [-0.3, -0.25) is 0 Å². The van der Waals surface area contributed by atoms with E-state index in [9.17, 15) is 0 Å². The Labute approximate surface area is 126 Å². The zero-order valence-corrected chi connectivity index (χ0v) is 13.2. The Morgan fingerprint density at radius 2 is 2.00 bits per heavy atom. The number of benzene rings is 1. The predicted molar refractivity (Wildman–Crippen MR) is 84.3 cm³/mol. The molecule has 20 heavy (non-hydrogen) atoms. The third-order valence-corrected chi connectivity index (χ3v) is 4.18. The smallest absolute Gasteiger partial charge is 0.0558 e. The molecule has 4 heteroatoms. The Morgan fingerprint density at radius 1 is 1.35 bits per heavy atom. The first-order valence-corrected chi connectivity index (χ1v) is 7.72. The van der Waals surface area contributed by atoms with Gasteiger partial charge in [-0.25, -0.2) is 0 Å². The van der Waals surface area contributed by atoms with E-state index in [1.807, 2.05) is 19.2 Å². The molecule has 1 aromatic carbocycles. The molecule has 0 spiro atoms. The maximum absolute atomic E-state index is 8.94. The van der Waals surface area contributed by atoms with Crippen molar-refractivity contribution in [1.29, 1.82) is 0 Å². The SMILES string of the molecule is CC(CN(C)CCO)NC1(Cc2ccc(Cl)cc2)CC1. The zero-order chi connectivity index (χ0) is 14.6. The summed E-state index contributed by atoms with van der Waals surface area (Å²) in [5.74, 6) is 0. The van der Waals surface area contributed by atoms with Crippen LogP contribution in [0.4, 0.5) is 0 Å². The van der Waals surface area contributed by atoms with Crippen LogP contribution in [0.25, 0.3) is 0 Å². The Bertz CT molecular complexity index is 417. The number of rotatable bonds is 8. The van der Waals surface area contributed by atoms with Crippen molar-refractivity contribution in [3.05, 3.63) is 34.9 Å². The first-order chi connectivity index (χ1) is 9.53. The van der Waals surface area contributed by atoms with Crippen molar-refractivity contribution in [3.8, 4) is 0 Å². The fourth-order valence-electron chi connectivity index (χ4n) is 2.81. The molecular formula is C16H25ClN2O. The van der Waals surface area contributed by atoms with Crippen molar-refractivity contribution in [2.75, 3.05) is 26.7 Å². The number of nitrogens with zero attached hydrogens (tertiary/aromatic N) is 1. The molecule has 3 nitrogen and oxygen atoms in total. The highest BCUT2D eigenvalue weighted by atomic mass is 35.5. The molecule has 0 radical (unpaired) electrons. The molecule has 1 aromatic rings. The van der Waals surface area contributed by atoms with Gasteiger partial charge in [0.25, 0.3) is 0 Å². The molecule has 0 amide bonds. The monoisotopic (exact) mass is 296 g/mol. The molecule has 0 saturated heterocycles. The highest BCUT2D eigenvalue weighted by molar-refractivity contribution is 6.30. The van der Waals surface area contributed by atoms with E-state index in [1.54, 1.807) is 0 Å². The van der Waals surface area contributed by atoms with Gasteiger partial charge in [-0.15, -0.1) is 0 Å². The van der Waals surface area contributed by atoms with E-state index in [-0.39, 0.29) is 12.1 Å². The molecule has 2 rings (SSSR count). The van der Waals surface area contributed by atoms with Gasteiger partial charge in [0.1, 0.15) is 0 Å². The average Bonchev–Trinajstić information content (AvgIpc) is 3.11. The summed E-state index contributed by atoms with van der Waals surface area (Å²) in [5.41, 5.74) is 1.61. The normalized spacial score (nSPS) is 18.2. The lowest BCUT2D eigenvalue weighted by Gasteiger charge is -2.26. The number of aliphatic hydroxyl groups is 1. The summed E-state index contributed by atoms with van der Waals surface area (Å²) in [4.78, 5) is 2.16. The number of halogens is 1. The summed E-state index contributed by atoms with van der Waals surface area (Å²) in [5, 5.41) is 13.5. The molecule has 0 aromatic heterocycles. The van der Waals surface area contributed by atoms with Gasteiger partial charge in [-0.2, -0.15) is 0 Å². The first kappa shape index (κ1) is 15.8. The molecule has 1 unspecified atom stereocenters. The van der Waals surface area contributed by atoms with Crippen molar-refractivity contribution in [2.45, 2.75) is 37.8 Å². The Hall–Kier alpha value is -0.610. The molecule has 1 aliphatic carbocycles. The second-order valence-corrected chi connectivity index (χ2v) is 6.55. The maximum Gasteiger partial charge on any atom is 0.0558 e. The van der Waals surface area contributed by atoms with Crippen molar-refractivity contribution < 1.29 is 5.11 Å². The van der Waals surface area contributed by atoms with E-state index in [0.717, 1.165) is 24.5 Å². The van der Waals surface area contributed by atoms with Crippen molar-refractivity contribution >= 4 is 11.6 Å². The lowest BCUT2D eigenvalue weighted by molar-refractivity contribution is 0.206. The van der Waals surface area contributed by atoms with Gasteiger partial charge in [0.15, 0.2) is 0 Å². The largest absolute Gasteiger partial charge is 0.395 e. The molecule has 0 bridgehead atoms. The minimum atomic E-state index is 0.221. The van der Waals surface area contributed by atoms with Crippen LogP contribution in [0.3, 0.4) is 0 Å². The highest BCUT2D eigenvalue weighted by Crippen LogP contribution is 2.39. The zero-order valence-electron chi connectivity index (χ0n) is 12.4. The number of nitrogens with one attached hydrogen (secondary N) is 1. The Morgan fingerprint density at radius 3 is 2.55 bits per heavy atom. The van der Waals surface area contributed by atoms with E-state index in [0.29, 0.717) is 6.04 Å².